The zero-order chi connectivity index (χ0) is 10.7. The Morgan fingerprint density at radius 1 is 1.53 bits per heavy atom. The second-order valence-corrected chi connectivity index (χ2v) is 3.91. The molecule has 1 aromatic rings. The van der Waals surface area contributed by atoms with Gasteiger partial charge in [0.1, 0.15) is 0 Å². The molecule has 0 aliphatic rings. The predicted octanol–water partition coefficient (Wildman–Crippen LogP) is -1.46. The van der Waals surface area contributed by atoms with Gasteiger partial charge in [-0.25, -0.2) is 0 Å². The van der Waals surface area contributed by atoms with E-state index < -0.39 is 11.1 Å². The van der Waals surface area contributed by atoms with Gasteiger partial charge in [-0.15, -0.1) is 0 Å². The Labute approximate surface area is 117 Å². The molecule has 0 heterocycles. The maximum atomic E-state index is 10.7. The molecule has 0 aliphatic carbocycles. The number of carbonyl (C=O) groups is 1. The molecule has 7 heteroatoms. The minimum atomic E-state index is -2.31. The number of hydrogen-bond donors (Lipinski definition) is 1. The molecule has 0 saturated heterocycles. The third-order valence-electron chi connectivity index (χ3n) is 1.44. The summed E-state index contributed by atoms with van der Waals surface area (Å²) in [6, 6.07) is 4.07. The maximum absolute atomic E-state index is 10.7. The zero-order valence-corrected chi connectivity index (χ0v) is 11.8. The van der Waals surface area contributed by atoms with Crippen LogP contribution in [0.5, 0.6) is 0 Å². The molecule has 0 bridgehead atoms. The molecular formula is C8H7ClNNaO3S. The molecule has 76 valence electrons. The smallest absolute Gasteiger partial charge is 0.768 e. The Morgan fingerprint density at radius 2 is 2.13 bits per heavy atom. The predicted molar refractivity (Wildman–Crippen MR) is 52.9 cm³/mol. The van der Waals surface area contributed by atoms with E-state index in [4.69, 9.17) is 11.6 Å². The summed E-state index contributed by atoms with van der Waals surface area (Å²) in [4.78, 5) is 10.8. The molecule has 1 rings (SSSR count). The molecule has 0 aliphatic heterocycles. The fourth-order valence-corrected chi connectivity index (χ4v) is 1.58. The van der Waals surface area contributed by atoms with Gasteiger partial charge in [-0.3, -0.25) is 9.00 Å². The zero-order valence-electron chi connectivity index (χ0n) is 8.24. The van der Waals surface area contributed by atoms with Crippen molar-refractivity contribution < 1.29 is 43.1 Å². The average molecular weight is 256 g/mol. The molecule has 0 aromatic heterocycles. The van der Waals surface area contributed by atoms with Gasteiger partial charge in [0.15, 0.2) is 0 Å². The van der Waals surface area contributed by atoms with E-state index >= 15 is 0 Å². The maximum Gasteiger partial charge on any atom is 1.00 e. The summed E-state index contributed by atoms with van der Waals surface area (Å²) in [5.41, 5.74) is 0.397. The van der Waals surface area contributed by atoms with E-state index in [0.29, 0.717) is 5.69 Å². The molecular weight excluding hydrogens is 249 g/mol. The van der Waals surface area contributed by atoms with Crippen molar-refractivity contribution in [1.29, 1.82) is 0 Å². The van der Waals surface area contributed by atoms with Gasteiger partial charge in [0.25, 0.3) is 0 Å². The van der Waals surface area contributed by atoms with Crippen LogP contribution in [0.25, 0.3) is 0 Å². The first kappa shape index (κ1) is 15.1. The molecule has 0 radical (unpaired) electrons. The van der Waals surface area contributed by atoms with Crippen molar-refractivity contribution >= 4 is 34.3 Å². The summed E-state index contributed by atoms with van der Waals surface area (Å²) in [5.74, 6) is -0.261. The van der Waals surface area contributed by atoms with Crippen molar-refractivity contribution in [2.75, 3.05) is 5.32 Å². The van der Waals surface area contributed by atoms with Crippen LogP contribution in [0.1, 0.15) is 6.92 Å². The Bertz CT molecular complexity index is 399. The first-order chi connectivity index (χ1) is 6.50. The van der Waals surface area contributed by atoms with Crippen LogP contribution in [-0.2, 0) is 15.9 Å². The number of anilines is 1. The van der Waals surface area contributed by atoms with Crippen LogP contribution >= 0.6 is 11.6 Å². The van der Waals surface area contributed by atoms with Crippen LogP contribution in [0.4, 0.5) is 5.69 Å². The average Bonchev–Trinajstić information content (AvgIpc) is 2.07. The molecule has 0 spiro atoms. The van der Waals surface area contributed by atoms with Gasteiger partial charge in [-0.1, -0.05) is 11.6 Å². The number of rotatable bonds is 2. The summed E-state index contributed by atoms with van der Waals surface area (Å²) in [6.07, 6.45) is 0. The van der Waals surface area contributed by atoms with Crippen molar-refractivity contribution in [3.63, 3.8) is 0 Å². The normalized spacial score (nSPS) is 11.4. The van der Waals surface area contributed by atoms with E-state index in [1.165, 1.54) is 25.1 Å². The summed E-state index contributed by atoms with van der Waals surface area (Å²) < 4.78 is 21.1. The second kappa shape index (κ2) is 6.62. The minimum Gasteiger partial charge on any atom is -0.768 e. The van der Waals surface area contributed by atoms with Gasteiger partial charge in [0.2, 0.25) is 5.91 Å². The molecule has 0 fully saturated rings. The van der Waals surface area contributed by atoms with Crippen LogP contribution in [0.3, 0.4) is 0 Å². The fraction of sp³-hybridized carbons (Fsp3) is 0.125. The quantitative estimate of drug-likeness (QED) is 0.519. The van der Waals surface area contributed by atoms with Gasteiger partial charge < -0.3 is 9.87 Å². The fourth-order valence-electron chi connectivity index (χ4n) is 0.891. The van der Waals surface area contributed by atoms with Crippen molar-refractivity contribution in [3.05, 3.63) is 23.2 Å². The first-order valence-corrected chi connectivity index (χ1v) is 5.12. The topological polar surface area (TPSA) is 69.2 Å². The number of hydrogen-bond acceptors (Lipinski definition) is 3. The van der Waals surface area contributed by atoms with Crippen LogP contribution in [0.2, 0.25) is 5.02 Å². The summed E-state index contributed by atoms with van der Waals surface area (Å²) in [5, 5.41) is 2.66. The summed E-state index contributed by atoms with van der Waals surface area (Å²) >= 11 is 3.42. The van der Waals surface area contributed by atoms with Crippen LogP contribution < -0.4 is 34.9 Å². The van der Waals surface area contributed by atoms with Crippen molar-refractivity contribution in [2.24, 2.45) is 0 Å². The standard InChI is InChI=1S/C8H8ClNO3S.Na/c1-5(11)10-8-3-2-6(14(12)13)4-7(8)9;/h2-4H,1H3,(H,10,11)(H,12,13);/q;+1/p-1. The number of nitrogens with one attached hydrogen (secondary N) is 1. The number of carbonyl (C=O) groups excluding carboxylic acids is 1. The van der Waals surface area contributed by atoms with E-state index in [9.17, 15) is 13.6 Å². The Hall–Kier alpha value is 0.0900. The largest absolute Gasteiger partial charge is 1.00 e. The summed E-state index contributed by atoms with van der Waals surface area (Å²) in [7, 11) is 0. The van der Waals surface area contributed by atoms with E-state index in [2.05, 4.69) is 5.32 Å². The monoisotopic (exact) mass is 255 g/mol. The van der Waals surface area contributed by atoms with E-state index in [0.717, 1.165) is 0 Å². The van der Waals surface area contributed by atoms with Crippen LogP contribution in [0, 0.1) is 0 Å². The van der Waals surface area contributed by atoms with E-state index in [1.54, 1.807) is 0 Å². The molecule has 4 nitrogen and oxygen atoms in total. The Kier molecular flexibility index (Phi) is 6.66. The molecule has 1 N–H and O–H groups in total. The molecule has 1 amide bonds. The Morgan fingerprint density at radius 3 is 2.53 bits per heavy atom. The van der Waals surface area contributed by atoms with Gasteiger partial charge in [-0.2, -0.15) is 0 Å². The molecule has 1 aromatic carbocycles. The Balaban J connectivity index is 0.00000196. The van der Waals surface area contributed by atoms with E-state index in [-0.39, 0.29) is 45.4 Å². The summed E-state index contributed by atoms with van der Waals surface area (Å²) in [6.45, 7) is 1.34. The van der Waals surface area contributed by atoms with Gasteiger partial charge in [-0.05, 0) is 29.3 Å². The minimum absolute atomic E-state index is 0. The van der Waals surface area contributed by atoms with Crippen molar-refractivity contribution in [3.8, 4) is 0 Å². The SMILES string of the molecule is CC(=O)Nc1ccc(S(=O)[O-])cc1Cl.[Na+]. The van der Waals surface area contributed by atoms with E-state index in [1.807, 2.05) is 0 Å². The first-order valence-electron chi connectivity index (χ1n) is 3.67. The number of amides is 1. The molecule has 1 unspecified atom stereocenters. The number of benzene rings is 1. The van der Waals surface area contributed by atoms with Crippen LogP contribution in [-0.4, -0.2) is 14.7 Å². The number of halogens is 1. The van der Waals surface area contributed by atoms with Crippen molar-refractivity contribution in [1.82, 2.24) is 0 Å². The molecule has 0 saturated carbocycles. The van der Waals surface area contributed by atoms with Gasteiger partial charge in [0.05, 0.1) is 10.7 Å². The third-order valence-corrected chi connectivity index (χ3v) is 2.40. The molecule has 15 heavy (non-hydrogen) atoms. The van der Waals surface area contributed by atoms with Gasteiger partial charge >= 0.3 is 29.6 Å². The van der Waals surface area contributed by atoms with Crippen LogP contribution in [0.15, 0.2) is 23.1 Å². The second-order valence-electron chi connectivity index (χ2n) is 2.56. The molecule has 1 atom stereocenters. The third kappa shape index (κ3) is 4.63. The van der Waals surface area contributed by atoms with Gasteiger partial charge in [0, 0.05) is 11.8 Å². The van der Waals surface area contributed by atoms with Crippen molar-refractivity contribution in [2.45, 2.75) is 11.8 Å².